The minimum absolute atomic E-state index is 0.768. The summed E-state index contributed by atoms with van der Waals surface area (Å²) < 4.78 is 0. The monoisotopic (exact) mass is 212 g/mol. The molecule has 1 unspecified atom stereocenters. The Hall–Kier alpha value is -0.0800. The van der Waals surface area contributed by atoms with Gasteiger partial charge in [-0.25, -0.2) is 0 Å². The zero-order valence-electron chi connectivity index (χ0n) is 10.8. The van der Waals surface area contributed by atoms with Crippen LogP contribution in [0.15, 0.2) is 0 Å². The summed E-state index contributed by atoms with van der Waals surface area (Å²) in [6.45, 7) is 11.9. The third kappa shape index (κ3) is 5.53. The van der Waals surface area contributed by atoms with Crippen molar-refractivity contribution in [3.8, 4) is 0 Å². The first kappa shape index (κ1) is 13.0. The van der Waals surface area contributed by atoms with Crippen LogP contribution in [0.2, 0.25) is 0 Å². The number of hydrogen-bond acceptors (Lipinski definition) is 2. The van der Waals surface area contributed by atoms with E-state index in [1.54, 1.807) is 0 Å². The summed E-state index contributed by atoms with van der Waals surface area (Å²) in [5.41, 5.74) is 0. The Labute approximate surface area is 95.4 Å². The molecule has 0 aliphatic carbocycles. The van der Waals surface area contributed by atoms with Crippen molar-refractivity contribution in [2.75, 3.05) is 26.2 Å². The third-order valence-electron chi connectivity index (χ3n) is 3.21. The van der Waals surface area contributed by atoms with E-state index in [4.69, 9.17) is 0 Å². The molecule has 1 saturated heterocycles. The molecule has 0 aromatic rings. The van der Waals surface area contributed by atoms with Crippen molar-refractivity contribution in [3.63, 3.8) is 0 Å². The highest BCUT2D eigenvalue weighted by atomic mass is 15.2. The molecule has 0 aromatic carbocycles. The van der Waals surface area contributed by atoms with Crippen LogP contribution in [-0.4, -0.2) is 37.1 Å². The average molecular weight is 212 g/mol. The molecule has 1 aliphatic rings. The van der Waals surface area contributed by atoms with E-state index in [1.807, 2.05) is 0 Å². The fourth-order valence-electron chi connectivity index (χ4n) is 2.27. The summed E-state index contributed by atoms with van der Waals surface area (Å²) >= 11 is 0. The molecule has 0 spiro atoms. The van der Waals surface area contributed by atoms with Crippen molar-refractivity contribution in [2.45, 2.75) is 52.5 Å². The largest absolute Gasteiger partial charge is 0.313 e. The van der Waals surface area contributed by atoms with E-state index in [-0.39, 0.29) is 0 Å². The van der Waals surface area contributed by atoms with Crippen LogP contribution < -0.4 is 5.32 Å². The molecule has 1 aliphatic heterocycles. The molecule has 2 heteroatoms. The SMILES string of the molecule is CCCNC1CCN(CCCC(C)C)C1. The van der Waals surface area contributed by atoms with Crippen LogP contribution in [0.1, 0.15) is 46.5 Å². The lowest BCUT2D eigenvalue weighted by molar-refractivity contribution is 0.312. The van der Waals surface area contributed by atoms with Crippen LogP contribution >= 0.6 is 0 Å². The normalized spacial score (nSPS) is 22.8. The molecule has 1 atom stereocenters. The minimum Gasteiger partial charge on any atom is -0.313 e. The summed E-state index contributed by atoms with van der Waals surface area (Å²) in [4.78, 5) is 2.62. The van der Waals surface area contributed by atoms with E-state index in [2.05, 4.69) is 31.0 Å². The van der Waals surface area contributed by atoms with Gasteiger partial charge in [0.15, 0.2) is 0 Å². The summed E-state index contributed by atoms with van der Waals surface area (Å²) in [5.74, 6) is 0.863. The highest BCUT2D eigenvalue weighted by molar-refractivity contribution is 4.80. The van der Waals surface area contributed by atoms with Crippen LogP contribution in [0.3, 0.4) is 0 Å². The Balaban J connectivity index is 2.03. The molecule has 0 aromatic heterocycles. The molecule has 1 N–H and O–H groups in total. The van der Waals surface area contributed by atoms with Crippen LogP contribution in [-0.2, 0) is 0 Å². The number of hydrogen-bond donors (Lipinski definition) is 1. The summed E-state index contributed by atoms with van der Waals surface area (Å²) in [7, 11) is 0. The van der Waals surface area contributed by atoms with E-state index < -0.39 is 0 Å². The summed E-state index contributed by atoms with van der Waals surface area (Å²) in [6, 6.07) is 0.768. The fraction of sp³-hybridized carbons (Fsp3) is 1.00. The molecule has 0 bridgehead atoms. The second-order valence-electron chi connectivity index (χ2n) is 5.28. The van der Waals surface area contributed by atoms with E-state index >= 15 is 0 Å². The number of nitrogens with zero attached hydrogens (tertiary/aromatic N) is 1. The molecule has 1 heterocycles. The summed E-state index contributed by atoms with van der Waals surface area (Å²) in [6.07, 6.45) is 5.35. The second-order valence-corrected chi connectivity index (χ2v) is 5.28. The van der Waals surface area contributed by atoms with Gasteiger partial charge in [0.25, 0.3) is 0 Å². The van der Waals surface area contributed by atoms with Crippen LogP contribution in [0.25, 0.3) is 0 Å². The van der Waals surface area contributed by atoms with Gasteiger partial charge in [-0.05, 0) is 51.2 Å². The standard InChI is InChI=1S/C13H28N2/c1-4-8-14-13-7-10-15(11-13)9-5-6-12(2)3/h12-14H,4-11H2,1-3H3. The van der Waals surface area contributed by atoms with Gasteiger partial charge < -0.3 is 10.2 Å². The number of likely N-dealkylation sites (tertiary alicyclic amines) is 1. The zero-order chi connectivity index (χ0) is 11.1. The first-order chi connectivity index (χ1) is 7.22. The average Bonchev–Trinajstić information content (AvgIpc) is 2.62. The number of rotatable bonds is 7. The lowest BCUT2D eigenvalue weighted by Crippen LogP contribution is -2.33. The van der Waals surface area contributed by atoms with Gasteiger partial charge in [0.05, 0.1) is 0 Å². The highest BCUT2D eigenvalue weighted by Crippen LogP contribution is 2.11. The molecule has 1 fully saturated rings. The van der Waals surface area contributed by atoms with Gasteiger partial charge in [-0.3, -0.25) is 0 Å². The highest BCUT2D eigenvalue weighted by Gasteiger charge is 2.20. The Kier molecular flexibility index (Phi) is 6.26. The van der Waals surface area contributed by atoms with Crippen molar-refractivity contribution >= 4 is 0 Å². The van der Waals surface area contributed by atoms with Crippen molar-refractivity contribution in [3.05, 3.63) is 0 Å². The van der Waals surface area contributed by atoms with Gasteiger partial charge in [-0.2, -0.15) is 0 Å². The molecule has 1 rings (SSSR count). The lowest BCUT2D eigenvalue weighted by atomic mass is 10.1. The Morgan fingerprint density at radius 1 is 1.40 bits per heavy atom. The molecule has 0 amide bonds. The predicted molar refractivity (Wildman–Crippen MR) is 67.2 cm³/mol. The summed E-state index contributed by atoms with van der Waals surface area (Å²) in [5, 5.41) is 3.62. The first-order valence-corrected chi connectivity index (χ1v) is 6.68. The van der Waals surface area contributed by atoms with E-state index in [9.17, 15) is 0 Å². The van der Waals surface area contributed by atoms with Crippen molar-refractivity contribution < 1.29 is 0 Å². The van der Waals surface area contributed by atoms with Crippen molar-refractivity contribution in [1.82, 2.24) is 10.2 Å². The zero-order valence-corrected chi connectivity index (χ0v) is 10.8. The second kappa shape index (κ2) is 7.24. The maximum Gasteiger partial charge on any atom is 0.0207 e. The van der Waals surface area contributed by atoms with Crippen LogP contribution in [0.4, 0.5) is 0 Å². The van der Waals surface area contributed by atoms with E-state index in [0.717, 1.165) is 12.0 Å². The quantitative estimate of drug-likeness (QED) is 0.697. The van der Waals surface area contributed by atoms with Gasteiger partial charge in [0, 0.05) is 12.6 Å². The molecular formula is C13H28N2. The van der Waals surface area contributed by atoms with Gasteiger partial charge in [0.2, 0.25) is 0 Å². The minimum atomic E-state index is 0.768. The smallest absolute Gasteiger partial charge is 0.0207 e. The van der Waals surface area contributed by atoms with Crippen molar-refractivity contribution in [1.29, 1.82) is 0 Å². The van der Waals surface area contributed by atoms with Gasteiger partial charge in [-0.15, -0.1) is 0 Å². The molecule has 0 saturated carbocycles. The maximum absolute atomic E-state index is 3.62. The van der Waals surface area contributed by atoms with Gasteiger partial charge in [0.1, 0.15) is 0 Å². The molecule has 90 valence electrons. The Bertz CT molecular complexity index is 157. The molecule has 0 radical (unpaired) electrons. The fourth-order valence-corrected chi connectivity index (χ4v) is 2.27. The van der Waals surface area contributed by atoms with Crippen LogP contribution in [0.5, 0.6) is 0 Å². The van der Waals surface area contributed by atoms with E-state index in [1.165, 1.54) is 51.9 Å². The maximum atomic E-state index is 3.62. The Morgan fingerprint density at radius 2 is 2.20 bits per heavy atom. The molecule has 15 heavy (non-hydrogen) atoms. The molecule has 2 nitrogen and oxygen atoms in total. The third-order valence-corrected chi connectivity index (χ3v) is 3.21. The topological polar surface area (TPSA) is 15.3 Å². The van der Waals surface area contributed by atoms with Gasteiger partial charge >= 0.3 is 0 Å². The van der Waals surface area contributed by atoms with Crippen molar-refractivity contribution in [2.24, 2.45) is 5.92 Å². The lowest BCUT2D eigenvalue weighted by Gasteiger charge is -2.17. The molecular weight excluding hydrogens is 184 g/mol. The predicted octanol–water partition coefficient (Wildman–Crippen LogP) is 2.50. The Morgan fingerprint density at radius 3 is 2.87 bits per heavy atom. The van der Waals surface area contributed by atoms with E-state index in [0.29, 0.717) is 0 Å². The van der Waals surface area contributed by atoms with Gasteiger partial charge in [-0.1, -0.05) is 20.8 Å². The van der Waals surface area contributed by atoms with Crippen LogP contribution in [0, 0.1) is 5.92 Å². The number of nitrogens with one attached hydrogen (secondary N) is 1. The first-order valence-electron chi connectivity index (χ1n) is 6.68.